The molecule has 0 spiro atoms. The van der Waals surface area contributed by atoms with Crippen molar-refractivity contribution in [3.8, 4) is 0 Å². The van der Waals surface area contributed by atoms with E-state index in [2.05, 4.69) is 45.7 Å². The first kappa shape index (κ1) is 18.9. The van der Waals surface area contributed by atoms with E-state index in [0.717, 1.165) is 40.6 Å². The summed E-state index contributed by atoms with van der Waals surface area (Å²) < 4.78 is 13.0. The lowest BCUT2D eigenvalue weighted by molar-refractivity contribution is 0.582. The number of anilines is 2. The van der Waals surface area contributed by atoms with Gasteiger partial charge in [0, 0.05) is 36.5 Å². The number of rotatable bonds is 6. The summed E-state index contributed by atoms with van der Waals surface area (Å²) in [5, 5.41) is 5.10. The fraction of sp³-hybridized carbons (Fsp3) is 0.381. The molecule has 0 bridgehead atoms. The third-order valence-corrected chi connectivity index (χ3v) is 9.21. The van der Waals surface area contributed by atoms with Gasteiger partial charge in [0.25, 0.3) is 0 Å². The van der Waals surface area contributed by atoms with E-state index in [1.165, 1.54) is 18.0 Å². The van der Waals surface area contributed by atoms with Crippen molar-refractivity contribution in [2.75, 3.05) is 41.6 Å². The molecule has 1 aromatic carbocycles. The van der Waals surface area contributed by atoms with Gasteiger partial charge in [-0.1, -0.05) is 25.1 Å². The maximum atomic E-state index is 13.0. The zero-order valence-corrected chi connectivity index (χ0v) is 17.3. The highest BCUT2D eigenvalue weighted by Gasteiger charge is 2.36. The van der Waals surface area contributed by atoms with Gasteiger partial charge in [0.05, 0.1) is 5.52 Å². The fourth-order valence-corrected chi connectivity index (χ4v) is 4.96. The summed E-state index contributed by atoms with van der Waals surface area (Å²) in [6, 6.07) is 11.2. The van der Waals surface area contributed by atoms with Gasteiger partial charge in [-0.15, -0.1) is 0 Å². The highest BCUT2D eigenvalue weighted by atomic mass is 32.3. The van der Waals surface area contributed by atoms with Gasteiger partial charge in [-0.2, -0.15) is 9.37 Å². The number of aromatic nitrogens is 3. The Balaban J connectivity index is 1.57. The van der Waals surface area contributed by atoms with Crippen molar-refractivity contribution in [3.63, 3.8) is 0 Å². The van der Waals surface area contributed by atoms with Crippen LogP contribution in [0.15, 0.2) is 42.6 Å². The molecular formula is C21H26FN5S. The summed E-state index contributed by atoms with van der Waals surface area (Å²) in [7, 11) is -0.554. The maximum Gasteiger partial charge on any atom is 0.225 e. The average molecular weight is 400 g/mol. The predicted octanol–water partition coefficient (Wildman–Crippen LogP) is 4.05. The van der Waals surface area contributed by atoms with E-state index < -0.39 is 16.0 Å². The Hall–Kier alpha value is -2.41. The summed E-state index contributed by atoms with van der Waals surface area (Å²) in [6.45, 7) is 4.90. The maximum absolute atomic E-state index is 13.0. The van der Waals surface area contributed by atoms with Crippen LogP contribution < -0.4 is 10.2 Å². The quantitative estimate of drug-likeness (QED) is 0.634. The Morgan fingerprint density at radius 1 is 1.14 bits per heavy atom. The largest absolute Gasteiger partial charge is 0.354 e. The molecule has 1 aliphatic rings. The molecule has 1 saturated heterocycles. The number of pyridine rings is 1. The summed E-state index contributed by atoms with van der Waals surface area (Å²) in [5.41, 5.74) is 1.81. The molecule has 4 rings (SSSR count). The summed E-state index contributed by atoms with van der Waals surface area (Å²) in [5.74, 6) is 2.36. The van der Waals surface area contributed by atoms with Gasteiger partial charge < -0.3 is 10.2 Å². The van der Waals surface area contributed by atoms with Crippen LogP contribution in [0.25, 0.3) is 10.9 Å². The third kappa shape index (κ3) is 3.76. The van der Waals surface area contributed by atoms with Crippen molar-refractivity contribution in [3.05, 3.63) is 54.1 Å². The topological polar surface area (TPSA) is 53.9 Å². The van der Waals surface area contributed by atoms with E-state index in [9.17, 15) is 4.39 Å². The standard InChI is InChI=1S/C21H26FN5S/c1-4-28(2,3)16-13-27(14-16)20-17-7-5-6-8-18(17)25-21(26-20)24-12-15-9-10-19(22)23-11-15/h5-11,16H,4,12-14H2,1-3H3,(H,24,25,26). The molecule has 1 fully saturated rings. The second-order valence-electron chi connectivity index (χ2n) is 7.67. The molecule has 0 aliphatic carbocycles. The zero-order chi connectivity index (χ0) is 19.7. The SMILES string of the molecule is CCS(C)(C)C1CN(c2nc(NCc3ccc(F)nc3)nc3ccccc23)C1. The van der Waals surface area contributed by atoms with E-state index in [1.807, 2.05) is 18.2 Å². The number of nitrogens with one attached hydrogen (secondary N) is 1. The molecular weight excluding hydrogens is 373 g/mol. The number of hydrogen-bond acceptors (Lipinski definition) is 5. The van der Waals surface area contributed by atoms with Gasteiger partial charge in [-0.25, -0.2) is 20.0 Å². The minimum atomic E-state index is -0.554. The van der Waals surface area contributed by atoms with Crippen LogP contribution >= 0.6 is 10.0 Å². The predicted molar refractivity (Wildman–Crippen MR) is 117 cm³/mol. The minimum Gasteiger partial charge on any atom is -0.354 e. The molecule has 3 heterocycles. The number of halogens is 1. The van der Waals surface area contributed by atoms with E-state index in [0.29, 0.717) is 12.5 Å². The van der Waals surface area contributed by atoms with Gasteiger partial charge in [0.2, 0.25) is 11.9 Å². The first-order valence-electron chi connectivity index (χ1n) is 9.52. The molecule has 2 aromatic heterocycles. The second kappa shape index (κ2) is 7.54. The van der Waals surface area contributed by atoms with Crippen LogP contribution in [0, 0.1) is 5.95 Å². The van der Waals surface area contributed by atoms with Crippen LogP contribution in [-0.4, -0.2) is 51.6 Å². The molecule has 0 atom stereocenters. The third-order valence-electron chi connectivity index (χ3n) is 5.62. The molecule has 0 unspecified atom stereocenters. The molecule has 1 aliphatic heterocycles. The number of hydrogen-bond donors (Lipinski definition) is 1. The van der Waals surface area contributed by atoms with E-state index >= 15 is 0 Å². The van der Waals surface area contributed by atoms with E-state index in [4.69, 9.17) is 4.98 Å². The Morgan fingerprint density at radius 2 is 1.93 bits per heavy atom. The van der Waals surface area contributed by atoms with Crippen molar-refractivity contribution in [1.29, 1.82) is 0 Å². The van der Waals surface area contributed by atoms with Crippen LogP contribution in [0.3, 0.4) is 0 Å². The Morgan fingerprint density at radius 3 is 2.64 bits per heavy atom. The molecule has 28 heavy (non-hydrogen) atoms. The number of nitrogens with zero attached hydrogens (tertiary/aromatic N) is 4. The number of para-hydroxylation sites is 1. The minimum absolute atomic E-state index is 0.475. The van der Waals surface area contributed by atoms with Crippen LogP contribution in [0.5, 0.6) is 0 Å². The van der Waals surface area contributed by atoms with Crippen molar-refractivity contribution >= 4 is 32.7 Å². The molecule has 0 amide bonds. The lowest BCUT2D eigenvalue weighted by Crippen LogP contribution is -2.53. The summed E-state index contributed by atoms with van der Waals surface area (Å²) >= 11 is 0. The lowest BCUT2D eigenvalue weighted by Gasteiger charge is -2.51. The molecule has 0 saturated carbocycles. The smallest absolute Gasteiger partial charge is 0.225 e. The Bertz CT molecular complexity index is 970. The first-order chi connectivity index (χ1) is 13.5. The van der Waals surface area contributed by atoms with Crippen molar-refractivity contribution < 1.29 is 4.39 Å². The van der Waals surface area contributed by atoms with Crippen LogP contribution in [0.4, 0.5) is 16.2 Å². The molecule has 148 valence electrons. The normalized spacial score (nSPS) is 15.5. The van der Waals surface area contributed by atoms with Crippen molar-refractivity contribution in [2.24, 2.45) is 0 Å². The van der Waals surface area contributed by atoms with E-state index in [1.54, 1.807) is 6.07 Å². The molecule has 1 N–H and O–H groups in total. The molecule has 3 aromatic rings. The van der Waals surface area contributed by atoms with Gasteiger partial charge in [0.15, 0.2) is 0 Å². The van der Waals surface area contributed by atoms with Gasteiger partial charge in [-0.3, -0.25) is 0 Å². The molecule has 0 radical (unpaired) electrons. The van der Waals surface area contributed by atoms with Crippen molar-refractivity contribution in [2.45, 2.75) is 18.7 Å². The monoisotopic (exact) mass is 399 g/mol. The van der Waals surface area contributed by atoms with Crippen LogP contribution in [-0.2, 0) is 6.54 Å². The zero-order valence-electron chi connectivity index (χ0n) is 16.5. The Labute approximate surface area is 166 Å². The highest BCUT2D eigenvalue weighted by Crippen LogP contribution is 2.49. The average Bonchev–Trinajstić information content (AvgIpc) is 2.66. The van der Waals surface area contributed by atoms with Gasteiger partial charge in [0.1, 0.15) is 5.82 Å². The number of fused-ring (bicyclic) bond motifs is 1. The van der Waals surface area contributed by atoms with Crippen LogP contribution in [0.2, 0.25) is 0 Å². The summed E-state index contributed by atoms with van der Waals surface area (Å²) in [4.78, 5) is 15.5. The molecule has 5 nitrogen and oxygen atoms in total. The lowest BCUT2D eigenvalue weighted by atomic mass is 10.1. The first-order valence-corrected chi connectivity index (χ1v) is 12.2. The molecule has 7 heteroatoms. The van der Waals surface area contributed by atoms with E-state index in [-0.39, 0.29) is 0 Å². The van der Waals surface area contributed by atoms with Gasteiger partial charge >= 0.3 is 0 Å². The Kier molecular flexibility index (Phi) is 5.10. The van der Waals surface area contributed by atoms with Crippen LogP contribution in [0.1, 0.15) is 12.5 Å². The van der Waals surface area contributed by atoms with Gasteiger partial charge in [-0.05, 0) is 42.0 Å². The fourth-order valence-electron chi connectivity index (χ4n) is 3.32. The van der Waals surface area contributed by atoms with Crippen molar-refractivity contribution in [1.82, 2.24) is 15.0 Å². The summed E-state index contributed by atoms with van der Waals surface area (Å²) in [6.07, 6.45) is 6.38. The highest BCUT2D eigenvalue weighted by molar-refractivity contribution is 8.33. The second-order valence-corrected chi connectivity index (χ2v) is 12.2. The number of benzene rings is 1.